The first-order valence-corrected chi connectivity index (χ1v) is 4.78. The van der Waals surface area contributed by atoms with E-state index in [1.54, 1.807) is 0 Å². The summed E-state index contributed by atoms with van der Waals surface area (Å²) in [6.07, 6.45) is 2.95. The lowest BCUT2D eigenvalue weighted by Gasteiger charge is -2.30. The van der Waals surface area contributed by atoms with Crippen LogP contribution >= 0.6 is 0 Å². The van der Waals surface area contributed by atoms with Crippen LogP contribution in [0.3, 0.4) is 0 Å². The summed E-state index contributed by atoms with van der Waals surface area (Å²) in [7, 11) is 0. The van der Waals surface area contributed by atoms with Crippen molar-refractivity contribution in [2.24, 2.45) is 5.92 Å². The highest BCUT2D eigenvalue weighted by Gasteiger charge is 2.17. The van der Waals surface area contributed by atoms with Gasteiger partial charge in [0.1, 0.15) is 0 Å². The van der Waals surface area contributed by atoms with Gasteiger partial charge in [-0.15, -0.1) is 0 Å². The second kappa shape index (κ2) is 5.51. The van der Waals surface area contributed by atoms with Gasteiger partial charge < -0.3 is 10.0 Å². The van der Waals surface area contributed by atoms with Gasteiger partial charge in [-0.3, -0.25) is 0 Å². The molecule has 0 atom stereocenters. The average molecular weight is 172 g/mol. The Morgan fingerprint density at radius 3 is 2.50 bits per heavy atom. The fourth-order valence-corrected chi connectivity index (χ4v) is 1.68. The van der Waals surface area contributed by atoms with Gasteiger partial charge in [0.25, 0.3) is 0 Å². The molecule has 0 saturated carbocycles. The van der Waals surface area contributed by atoms with Crippen molar-refractivity contribution >= 4 is 0 Å². The van der Waals surface area contributed by atoms with Gasteiger partial charge in [0, 0.05) is 13.2 Å². The van der Waals surface area contributed by atoms with Crippen LogP contribution in [0, 0.1) is 5.92 Å². The molecule has 0 amide bonds. The van der Waals surface area contributed by atoms with Crippen LogP contribution in [0.2, 0.25) is 0 Å². The van der Waals surface area contributed by atoms with Gasteiger partial charge >= 0.3 is 0 Å². The van der Waals surface area contributed by atoms with Gasteiger partial charge in [-0.1, -0.05) is 0 Å². The maximum Gasteiger partial charge on any atom is 0.0834 e. The van der Waals surface area contributed by atoms with Crippen molar-refractivity contribution in [3.8, 4) is 0 Å². The highest BCUT2D eigenvalue weighted by molar-refractivity contribution is 4.71. The molecule has 0 aromatic carbocycles. The lowest BCUT2D eigenvalue weighted by Crippen LogP contribution is -2.35. The molecule has 71 valence electrons. The zero-order chi connectivity index (χ0) is 8.81. The molecule has 0 aliphatic carbocycles. The summed E-state index contributed by atoms with van der Waals surface area (Å²) >= 11 is 0. The first kappa shape index (κ1) is 9.96. The molecule has 1 rings (SSSR count). The third kappa shape index (κ3) is 3.09. The minimum absolute atomic E-state index is 0.0416. The number of rotatable bonds is 4. The molecule has 3 nitrogen and oxygen atoms in total. The van der Waals surface area contributed by atoms with Crippen LogP contribution in [-0.2, 0) is 5.11 Å². The molecule has 12 heavy (non-hydrogen) atoms. The Labute approximate surface area is 74.0 Å². The second-order valence-electron chi connectivity index (χ2n) is 3.53. The lowest BCUT2D eigenvalue weighted by atomic mass is 9.98. The van der Waals surface area contributed by atoms with Gasteiger partial charge in [0.05, 0.1) is 6.61 Å². The molecule has 1 fully saturated rings. The molecule has 1 saturated heterocycles. The van der Waals surface area contributed by atoms with Gasteiger partial charge in [-0.25, -0.2) is 5.11 Å². The Balaban J connectivity index is 2.09. The van der Waals surface area contributed by atoms with E-state index in [0.717, 1.165) is 38.9 Å². The van der Waals surface area contributed by atoms with E-state index in [1.165, 1.54) is 0 Å². The number of aliphatic hydroxyl groups excluding tert-OH is 1. The maximum atomic E-state index is 10.2. The highest BCUT2D eigenvalue weighted by Crippen LogP contribution is 2.15. The molecule has 0 bridgehead atoms. The molecular weight excluding hydrogens is 154 g/mol. The molecule has 0 spiro atoms. The molecule has 0 unspecified atom stereocenters. The van der Waals surface area contributed by atoms with E-state index < -0.39 is 0 Å². The smallest absolute Gasteiger partial charge is 0.0834 e. The number of nitrogens with zero attached hydrogens (tertiary/aromatic N) is 1. The van der Waals surface area contributed by atoms with Crippen molar-refractivity contribution in [2.75, 3.05) is 32.8 Å². The summed E-state index contributed by atoms with van der Waals surface area (Å²) < 4.78 is 0. The van der Waals surface area contributed by atoms with E-state index >= 15 is 0 Å². The largest absolute Gasteiger partial charge is 0.396 e. The normalized spacial score (nSPS) is 21.5. The number of hydrogen-bond acceptors (Lipinski definition) is 2. The van der Waals surface area contributed by atoms with Gasteiger partial charge in [-0.05, 0) is 38.3 Å². The first-order valence-electron chi connectivity index (χ1n) is 4.78. The molecule has 3 heteroatoms. The molecule has 1 aliphatic heterocycles. The third-order valence-corrected chi connectivity index (χ3v) is 2.58. The van der Waals surface area contributed by atoms with E-state index in [-0.39, 0.29) is 6.61 Å². The Bertz CT molecular complexity index is 111. The van der Waals surface area contributed by atoms with E-state index in [0.29, 0.717) is 12.5 Å². The van der Waals surface area contributed by atoms with E-state index in [2.05, 4.69) is 4.90 Å². The number of piperidine rings is 1. The standard InChI is InChI=1S/C9H18NO2/c11-7-1-4-10-5-2-9(8-12)3-6-10/h9,12H,1-8H2. The number of aliphatic hydroxyl groups is 1. The third-order valence-electron chi connectivity index (χ3n) is 2.58. The summed E-state index contributed by atoms with van der Waals surface area (Å²) in [6.45, 7) is 3.44. The van der Waals surface area contributed by atoms with Crippen molar-refractivity contribution < 1.29 is 10.2 Å². The summed E-state index contributed by atoms with van der Waals surface area (Å²) in [6, 6.07) is 0. The Kier molecular flexibility index (Phi) is 4.58. The number of hydrogen-bond donors (Lipinski definition) is 1. The van der Waals surface area contributed by atoms with E-state index in [4.69, 9.17) is 5.11 Å². The van der Waals surface area contributed by atoms with E-state index in [1.807, 2.05) is 0 Å². The van der Waals surface area contributed by atoms with Gasteiger partial charge in [-0.2, -0.15) is 0 Å². The van der Waals surface area contributed by atoms with Gasteiger partial charge in [0.2, 0.25) is 0 Å². The minimum atomic E-state index is 0.0416. The van der Waals surface area contributed by atoms with Crippen LogP contribution < -0.4 is 0 Å². The average Bonchev–Trinajstić information content (AvgIpc) is 2.15. The SMILES string of the molecule is [O]CCCN1CCC(CO)CC1. The molecule has 0 aromatic rings. The predicted octanol–water partition coefficient (Wildman–Crippen LogP) is 0.511. The van der Waals surface area contributed by atoms with Crippen LogP contribution in [0.25, 0.3) is 0 Å². The minimum Gasteiger partial charge on any atom is -0.396 e. The molecule has 1 heterocycles. The zero-order valence-corrected chi connectivity index (χ0v) is 7.54. The van der Waals surface area contributed by atoms with Crippen molar-refractivity contribution in [3.05, 3.63) is 0 Å². The topological polar surface area (TPSA) is 43.4 Å². The maximum absolute atomic E-state index is 10.2. The van der Waals surface area contributed by atoms with Crippen LogP contribution in [0.5, 0.6) is 0 Å². The summed E-state index contributed by atoms with van der Waals surface area (Å²) in [5.41, 5.74) is 0. The van der Waals surface area contributed by atoms with Crippen LogP contribution in [0.4, 0.5) is 0 Å². The van der Waals surface area contributed by atoms with Crippen molar-refractivity contribution in [1.82, 2.24) is 4.90 Å². The predicted molar refractivity (Wildman–Crippen MR) is 46.4 cm³/mol. The molecular formula is C9H18NO2. The zero-order valence-electron chi connectivity index (χ0n) is 7.54. The highest BCUT2D eigenvalue weighted by atomic mass is 16.3. The molecule has 1 radical (unpaired) electrons. The molecule has 1 aliphatic rings. The summed E-state index contributed by atoms with van der Waals surface area (Å²) in [5, 5.41) is 19.1. The fourth-order valence-electron chi connectivity index (χ4n) is 1.68. The van der Waals surface area contributed by atoms with Crippen LogP contribution in [0.15, 0.2) is 0 Å². The van der Waals surface area contributed by atoms with Crippen molar-refractivity contribution in [3.63, 3.8) is 0 Å². The van der Waals surface area contributed by atoms with Crippen molar-refractivity contribution in [2.45, 2.75) is 19.3 Å². The molecule has 1 N–H and O–H groups in total. The van der Waals surface area contributed by atoms with Crippen molar-refractivity contribution in [1.29, 1.82) is 0 Å². The summed E-state index contributed by atoms with van der Waals surface area (Å²) in [5.74, 6) is 0.508. The van der Waals surface area contributed by atoms with Crippen LogP contribution in [0.1, 0.15) is 19.3 Å². The Morgan fingerprint density at radius 1 is 1.33 bits per heavy atom. The second-order valence-corrected chi connectivity index (χ2v) is 3.53. The quantitative estimate of drug-likeness (QED) is 0.671. The van der Waals surface area contributed by atoms with E-state index in [9.17, 15) is 5.11 Å². The lowest BCUT2D eigenvalue weighted by molar-refractivity contribution is 0.116. The Morgan fingerprint density at radius 2 is 2.00 bits per heavy atom. The first-order chi connectivity index (χ1) is 5.86. The monoisotopic (exact) mass is 172 g/mol. The molecule has 0 aromatic heterocycles. The summed E-state index contributed by atoms with van der Waals surface area (Å²) in [4.78, 5) is 2.32. The fraction of sp³-hybridized carbons (Fsp3) is 1.00. The number of likely N-dealkylation sites (tertiary alicyclic amines) is 1. The van der Waals surface area contributed by atoms with Crippen LogP contribution in [-0.4, -0.2) is 42.9 Å². The Hall–Kier alpha value is -0.120. The van der Waals surface area contributed by atoms with Gasteiger partial charge in [0.15, 0.2) is 0 Å².